The summed E-state index contributed by atoms with van der Waals surface area (Å²) in [5.41, 5.74) is 5.29. The molecule has 4 N–H and O–H groups in total. The molecule has 1 saturated heterocycles. The van der Waals surface area contributed by atoms with Gasteiger partial charge in [-0.25, -0.2) is 13.1 Å². The van der Waals surface area contributed by atoms with Gasteiger partial charge in [-0.15, -0.1) is 24.8 Å². The van der Waals surface area contributed by atoms with Crippen molar-refractivity contribution >= 4 is 40.7 Å². The second-order valence-electron chi connectivity index (χ2n) is 5.22. The van der Waals surface area contributed by atoms with Crippen LogP contribution in [0.5, 0.6) is 5.75 Å². The van der Waals surface area contributed by atoms with Gasteiger partial charge < -0.3 is 15.8 Å². The van der Waals surface area contributed by atoms with E-state index in [1.54, 1.807) is 0 Å². The van der Waals surface area contributed by atoms with Crippen LogP contribution >= 0.6 is 24.8 Å². The number of rotatable bonds is 7. The summed E-state index contributed by atoms with van der Waals surface area (Å²) in [7, 11) is -2.31. The van der Waals surface area contributed by atoms with E-state index in [4.69, 9.17) is 10.5 Å². The Balaban J connectivity index is 0.00000288. The van der Waals surface area contributed by atoms with Crippen molar-refractivity contribution in [2.24, 2.45) is 5.73 Å². The van der Waals surface area contributed by atoms with E-state index in [1.807, 2.05) is 0 Å². The Morgan fingerprint density at radius 3 is 2.52 bits per heavy atom. The average Bonchev–Trinajstić information content (AvgIpc) is 2.55. The molecule has 0 aliphatic carbocycles. The largest absolute Gasteiger partial charge is 0.496 e. The molecule has 0 saturated carbocycles. The van der Waals surface area contributed by atoms with Crippen molar-refractivity contribution in [3.63, 3.8) is 0 Å². The van der Waals surface area contributed by atoms with Crippen LogP contribution in [0.1, 0.15) is 10.4 Å². The van der Waals surface area contributed by atoms with Crippen LogP contribution in [0.2, 0.25) is 0 Å². The number of methoxy groups -OCH3 is 1. The van der Waals surface area contributed by atoms with Crippen LogP contribution in [0, 0.1) is 0 Å². The maximum Gasteiger partial charge on any atom is 0.252 e. The number of sulfonamides is 1. The molecule has 1 heterocycles. The Morgan fingerprint density at radius 1 is 1.32 bits per heavy atom. The van der Waals surface area contributed by atoms with Gasteiger partial charge in [0.25, 0.3) is 5.91 Å². The third kappa shape index (κ3) is 6.61. The first-order chi connectivity index (χ1) is 10.9. The Kier molecular flexibility index (Phi) is 10.3. The highest BCUT2D eigenvalue weighted by molar-refractivity contribution is 7.89. The van der Waals surface area contributed by atoms with Crippen molar-refractivity contribution < 1.29 is 17.9 Å². The number of ether oxygens (including phenoxy) is 1. The average molecular weight is 415 g/mol. The van der Waals surface area contributed by atoms with Crippen molar-refractivity contribution in [2.75, 3.05) is 46.4 Å². The molecule has 0 atom stereocenters. The number of carbonyl (C=O) groups excluding carboxylic acids is 1. The summed E-state index contributed by atoms with van der Waals surface area (Å²) in [6.07, 6.45) is 0. The zero-order chi connectivity index (χ0) is 16.9. The van der Waals surface area contributed by atoms with Crippen molar-refractivity contribution in [3.05, 3.63) is 23.8 Å². The fourth-order valence-electron chi connectivity index (χ4n) is 2.40. The minimum absolute atomic E-state index is 0. The molecule has 144 valence electrons. The SMILES string of the molecule is COc1ccc(S(=O)(=O)NCCN2CCNCC2)cc1C(N)=O.Cl.Cl. The molecule has 1 aromatic rings. The summed E-state index contributed by atoms with van der Waals surface area (Å²) < 4.78 is 32.2. The number of primary amides is 1. The summed E-state index contributed by atoms with van der Waals surface area (Å²) in [4.78, 5) is 13.6. The molecule has 25 heavy (non-hydrogen) atoms. The van der Waals surface area contributed by atoms with Gasteiger partial charge in [-0.3, -0.25) is 9.69 Å². The Hall–Kier alpha value is -1.10. The Morgan fingerprint density at radius 2 is 1.96 bits per heavy atom. The third-order valence-corrected chi connectivity index (χ3v) is 5.14. The molecule has 1 aromatic carbocycles. The number of nitrogens with zero attached hydrogens (tertiary/aromatic N) is 1. The second-order valence-corrected chi connectivity index (χ2v) is 6.98. The van der Waals surface area contributed by atoms with Gasteiger partial charge in [-0.2, -0.15) is 0 Å². The molecule has 1 fully saturated rings. The summed E-state index contributed by atoms with van der Waals surface area (Å²) in [5.74, 6) is -0.489. The van der Waals surface area contributed by atoms with Gasteiger partial charge in [0.15, 0.2) is 0 Å². The summed E-state index contributed by atoms with van der Waals surface area (Å²) in [5, 5.41) is 3.24. The van der Waals surface area contributed by atoms with E-state index in [2.05, 4.69) is 14.9 Å². The lowest BCUT2D eigenvalue weighted by Crippen LogP contribution is -2.46. The van der Waals surface area contributed by atoms with Gasteiger partial charge in [-0.1, -0.05) is 0 Å². The Labute approximate surface area is 160 Å². The van der Waals surface area contributed by atoms with Crippen molar-refractivity contribution in [1.29, 1.82) is 0 Å². The zero-order valence-corrected chi connectivity index (χ0v) is 16.3. The van der Waals surface area contributed by atoms with Gasteiger partial charge in [0.1, 0.15) is 5.75 Å². The first kappa shape index (κ1) is 23.9. The molecule has 11 heteroatoms. The van der Waals surface area contributed by atoms with E-state index in [-0.39, 0.29) is 41.0 Å². The predicted molar refractivity (Wildman–Crippen MR) is 101 cm³/mol. The highest BCUT2D eigenvalue weighted by Crippen LogP contribution is 2.21. The summed E-state index contributed by atoms with van der Waals surface area (Å²) in [6.45, 7) is 4.56. The molecule has 0 unspecified atom stereocenters. The molecule has 0 spiro atoms. The topological polar surface area (TPSA) is 114 Å². The van der Waals surface area contributed by atoms with Crippen LogP contribution in [0.15, 0.2) is 23.1 Å². The zero-order valence-electron chi connectivity index (χ0n) is 13.9. The van der Waals surface area contributed by atoms with Gasteiger partial charge >= 0.3 is 0 Å². The number of nitrogens with one attached hydrogen (secondary N) is 2. The molecule has 1 aliphatic heterocycles. The maximum absolute atomic E-state index is 12.3. The Bertz CT molecular complexity index is 667. The number of nitrogens with two attached hydrogens (primary N) is 1. The monoisotopic (exact) mass is 414 g/mol. The summed E-state index contributed by atoms with van der Waals surface area (Å²) in [6, 6.07) is 4.04. The van der Waals surface area contributed by atoms with E-state index >= 15 is 0 Å². The molecular weight excluding hydrogens is 391 g/mol. The number of piperazine rings is 1. The number of halogens is 2. The second kappa shape index (κ2) is 10.8. The highest BCUT2D eigenvalue weighted by atomic mass is 35.5. The lowest BCUT2D eigenvalue weighted by atomic mass is 10.2. The van der Waals surface area contributed by atoms with Crippen molar-refractivity contribution in [3.8, 4) is 5.75 Å². The summed E-state index contributed by atoms with van der Waals surface area (Å²) >= 11 is 0. The predicted octanol–water partition coefficient (Wildman–Crippen LogP) is -0.179. The smallest absolute Gasteiger partial charge is 0.252 e. The van der Waals surface area contributed by atoms with Crippen LogP contribution in [0.4, 0.5) is 0 Å². The van der Waals surface area contributed by atoms with Crippen LogP contribution in [-0.4, -0.2) is 65.6 Å². The van der Waals surface area contributed by atoms with Gasteiger partial charge in [0.05, 0.1) is 17.6 Å². The first-order valence-electron chi connectivity index (χ1n) is 7.34. The maximum atomic E-state index is 12.3. The third-order valence-electron chi connectivity index (χ3n) is 3.68. The molecule has 2 rings (SSSR count). The lowest BCUT2D eigenvalue weighted by Gasteiger charge is -2.27. The fraction of sp³-hybridized carbons (Fsp3) is 0.500. The highest BCUT2D eigenvalue weighted by Gasteiger charge is 2.19. The lowest BCUT2D eigenvalue weighted by molar-refractivity contribution is 0.0997. The van der Waals surface area contributed by atoms with Gasteiger partial charge in [0, 0.05) is 39.3 Å². The van der Waals surface area contributed by atoms with Crippen molar-refractivity contribution in [2.45, 2.75) is 4.90 Å². The minimum Gasteiger partial charge on any atom is -0.496 e. The van der Waals surface area contributed by atoms with Crippen LogP contribution in [0.3, 0.4) is 0 Å². The van der Waals surface area contributed by atoms with E-state index in [1.165, 1.54) is 25.3 Å². The fourth-order valence-corrected chi connectivity index (χ4v) is 3.45. The van der Waals surface area contributed by atoms with E-state index in [0.717, 1.165) is 26.2 Å². The molecular formula is C14H24Cl2N4O4S. The van der Waals surface area contributed by atoms with E-state index in [0.29, 0.717) is 13.1 Å². The number of carbonyl (C=O) groups is 1. The quantitative estimate of drug-likeness (QED) is 0.570. The number of amides is 1. The van der Waals surface area contributed by atoms with E-state index < -0.39 is 15.9 Å². The normalized spacial score (nSPS) is 14.9. The van der Waals surface area contributed by atoms with Crippen LogP contribution in [-0.2, 0) is 10.0 Å². The van der Waals surface area contributed by atoms with Gasteiger partial charge in [-0.05, 0) is 18.2 Å². The molecule has 1 aliphatic rings. The van der Waals surface area contributed by atoms with Crippen molar-refractivity contribution in [1.82, 2.24) is 14.9 Å². The molecule has 1 amide bonds. The van der Waals surface area contributed by atoms with E-state index in [9.17, 15) is 13.2 Å². The van der Waals surface area contributed by atoms with Gasteiger partial charge in [0.2, 0.25) is 10.0 Å². The number of hydrogen-bond donors (Lipinski definition) is 3. The molecule has 0 aromatic heterocycles. The number of benzene rings is 1. The molecule has 0 bridgehead atoms. The molecule has 0 radical (unpaired) electrons. The first-order valence-corrected chi connectivity index (χ1v) is 8.83. The number of hydrogen-bond acceptors (Lipinski definition) is 6. The van der Waals surface area contributed by atoms with Crippen LogP contribution < -0.4 is 20.5 Å². The standard InChI is InChI=1S/C14H22N4O4S.2ClH/c1-22-13-3-2-11(10-12(13)14(15)19)23(20,21)17-6-9-18-7-4-16-5-8-18;;/h2-3,10,16-17H,4-9H2,1H3,(H2,15,19);2*1H. The molecule has 8 nitrogen and oxygen atoms in total. The van der Waals surface area contributed by atoms with Crippen LogP contribution in [0.25, 0.3) is 0 Å². The minimum atomic E-state index is -3.70.